The first-order valence-electron chi connectivity index (χ1n) is 7.78. The molecule has 7 nitrogen and oxygen atoms in total. The predicted molar refractivity (Wildman–Crippen MR) is 98.9 cm³/mol. The number of benzene rings is 1. The van der Waals surface area contributed by atoms with Crippen LogP contribution >= 0.6 is 11.3 Å². The molecule has 0 aliphatic rings. The molecule has 3 aromatic rings. The van der Waals surface area contributed by atoms with E-state index in [-0.39, 0.29) is 17.1 Å². The number of aromatic hydroxyl groups is 1. The fourth-order valence-electron chi connectivity index (χ4n) is 2.59. The van der Waals surface area contributed by atoms with Crippen LogP contribution in [0, 0.1) is 0 Å². The second-order valence-electron chi connectivity index (χ2n) is 5.64. The Kier molecular flexibility index (Phi) is 4.45. The molecular weight excluding hydrogens is 340 g/mol. The van der Waals surface area contributed by atoms with Crippen molar-refractivity contribution in [1.82, 2.24) is 14.1 Å². The summed E-state index contributed by atoms with van der Waals surface area (Å²) in [6, 6.07) is 6.64. The molecule has 0 amide bonds. The Balaban J connectivity index is 2.16. The van der Waals surface area contributed by atoms with Gasteiger partial charge < -0.3 is 10.8 Å². The fraction of sp³-hybridized carbons (Fsp3) is 0.235. The first kappa shape index (κ1) is 17.0. The van der Waals surface area contributed by atoms with Crippen molar-refractivity contribution in [2.75, 3.05) is 5.73 Å². The number of phenols is 1. The molecule has 0 aliphatic carbocycles. The number of hydrogen-bond donors (Lipinski definition) is 2. The van der Waals surface area contributed by atoms with Gasteiger partial charge in [-0.25, -0.2) is 9.78 Å². The second-order valence-corrected chi connectivity index (χ2v) is 6.50. The molecule has 0 saturated heterocycles. The van der Waals surface area contributed by atoms with Crippen LogP contribution in [-0.2, 0) is 13.6 Å². The van der Waals surface area contributed by atoms with Crippen LogP contribution in [0.5, 0.6) is 5.75 Å². The van der Waals surface area contributed by atoms with E-state index >= 15 is 0 Å². The van der Waals surface area contributed by atoms with Crippen molar-refractivity contribution >= 4 is 17.2 Å². The molecule has 3 N–H and O–H groups in total. The summed E-state index contributed by atoms with van der Waals surface area (Å²) in [4.78, 5) is 29.3. The number of nitrogens with two attached hydrogens (primary N) is 1. The van der Waals surface area contributed by atoms with Crippen LogP contribution in [0.15, 0.2) is 39.2 Å². The average Bonchev–Trinajstić information content (AvgIpc) is 3.07. The highest BCUT2D eigenvalue weighted by atomic mass is 32.1. The van der Waals surface area contributed by atoms with Crippen molar-refractivity contribution < 1.29 is 5.11 Å². The highest BCUT2D eigenvalue weighted by Crippen LogP contribution is 2.30. The van der Waals surface area contributed by atoms with Crippen LogP contribution in [0.25, 0.3) is 21.8 Å². The molecule has 8 heteroatoms. The molecule has 2 aromatic heterocycles. The molecular formula is C17H18N4O3S. The van der Waals surface area contributed by atoms with Gasteiger partial charge in [-0.1, -0.05) is 6.92 Å². The Labute approximate surface area is 147 Å². The van der Waals surface area contributed by atoms with Gasteiger partial charge in [0.25, 0.3) is 5.56 Å². The van der Waals surface area contributed by atoms with Crippen molar-refractivity contribution in [3.05, 3.63) is 50.5 Å². The van der Waals surface area contributed by atoms with Gasteiger partial charge in [0.1, 0.15) is 22.1 Å². The minimum atomic E-state index is -0.461. The van der Waals surface area contributed by atoms with Gasteiger partial charge in [0.05, 0.1) is 5.69 Å². The lowest BCUT2D eigenvalue weighted by Crippen LogP contribution is -2.40. The van der Waals surface area contributed by atoms with E-state index in [2.05, 4.69) is 4.98 Å². The Bertz CT molecular complexity index is 1030. The number of hydrogen-bond acceptors (Lipinski definition) is 6. The van der Waals surface area contributed by atoms with Gasteiger partial charge in [-0.3, -0.25) is 13.9 Å². The molecule has 0 radical (unpaired) electrons. The summed E-state index contributed by atoms with van der Waals surface area (Å²) in [5.74, 6) is 0.308. The zero-order valence-corrected chi connectivity index (χ0v) is 14.7. The molecule has 3 rings (SSSR count). The van der Waals surface area contributed by atoms with Crippen LogP contribution in [0.1, 0.15) is 13.3 Å². The van der Waals surface area contributed by atoms with Gasteiger partial charge in [-0.05, 0) is 30.7 Å². The number of anilines is 1. The van der Waals surface area contributed by atoms with Gasteiger partial charge in [0.15, 0.2) is 0 Å². The lowest BCUT2D eigenvalue weighted by molar-refractivity contribution is 0.475. The highest BCUT2D eigenvalue weighted by Gasteiger charge is 2.19. The van der Waals surface area contributed by atoms with Crippen LogP contribution in [0.2, 0.25) is 0 Å². The summed E-state index contributed by atoms with van der Waals surface area (Å²) in [7, 11) is 1.44. The van der Waals surface area contributed by atoms with Gasteiger partial charge in [-0.2, -0.15) is 0 Å². The van der Waals surface area contributed by atoms with E-state index < -0.39 is 11.2 Å². The van der Waals surface area contributed by atoms with Crippen LogP contribution in [0.4, 0.5) is 5.82 Å². The van der Waals surface area contributed by atoms with Crippen molar-refractivity contribution in [1.29, 1.82) is 0 Å². The molecule has 25 heavy (non-hydrogen) atoms. The quantitative estimate of drug-likeness (QED) is 0.743. The third-order valence-electron chi connectivity index (χ3n) is 3.91. The number of phenolic OH excluding ortho intramolecular Hbond substituents is 1. The smallest absolute Gasteiger partial charge is 0.332 e. The Morgan fingerprint density at radius 2 is 1.92 bits per heavy atom. The van der Waals surface area contributed by atoms with Crippen molar-refractivity contribution in [3.8, 4) is 27.6 Å². The number of aromatic nitrogens is 3. The largest absolute Gasteiger partial charge is 0.508 e. The molecule has 0 atom stereocenters. The molecule has 0 spiro atoms. The van der Waals surface area contributed by atoms with E-state index in [1.54, 1.807) is 29.6 Å². The lowest BCUT2D eigenvalue weighted by atomic mass is 10.2. The SMILES string of the molecule is CCCn1c(N)c(-c2csc(-c3ccc(O)cc3)n2)c(=O)n(C)c1=O. The third kappa shape index (κ3) is 2.96. The van der Waals surface area contributed by atoms with Crippen molar-refractivity contribution in [2.45, 2.75) is 19.9 Å². The Morgan fingerprint density at radius 1 is 1.24 bits per heavy atom. The summed E-state index contributed by atoms with van der Waals surface area (Å²) < 4.78 is 2.46. The lowest BCUT2D eigenvalue weighted by Gasteiger charge is -2.13. The zero-order valence-electron chi connectivity index (χ0n) is 13.9. The highest BCUT2D eigenvalue weighted by molar-refractivity contribution is 7.13. The summed E-state index contributed by atoms with van der Waals surface area (Å²) in [6.45, 7) is 2.36. The van der Waals surface area contributed by atoms with E-state index in [0.29, 0.717) is 17.2 Å². The molecule has 1 aromatic carbocycles. The summed E-state index contributed by atoms with van der Waals surface area (Å²) >= 11 is 1.37. The van der Waals surface area contributed by atoms with E-state index in [0.717, 1.165) is 16.6 Å². The number of thiazole rings is 1. The van der Waals surface area contributed by atoms with E-state index in [1.165, 1.54) is 23.0 Å². The Hall–Kier alpha value is -2.87. The van der Waals surface area contributed by atoms with E-state index in [1.807, 2.05) is 6.92 Å². The maximum atomic E-state index is 12.6. The zero-order chi connectivity index (χ0) is 18.1. The first-order chi connectivity index (χ1) is 11.9. The molecule has 130 valence electrons. The van der Waals surface area contributed by atoms with Crippen LogP contribution in [-0.4, -0.2) is 19.2 Å². The fourth-order valence-corrected chi connectivity index (χ4v) is 3.41. The third-order valence-corrected chi connectivity index (χ3v) is 4.80. The maximum Gasteiger partial charge on any atom is 0.332 e. The van der Waals surface area contributed by atoms with Gasteiger partial charge in [0.2, 0.25) is 0 Å². The molecule has 0 unspecified atom stereocenters. The van der Waals surface area contributed by atoms with Crippen LogP contribution < -0.4 is 17.0 Å². The summed E-state index contributed by atoms with van der Waals surface area (Å²) in [5.41, 5.74) is 6.73. The second kappa shape index (κ2) is 6.56. The predicted octanol–water partition coefficient (Wildman–Crippen LogP) is 2.04. The standard InChI is InChI=1S/C17H18N4O3S/c1-3-8-21-14(18)13(16(23)20(2)17(21)24)12-9-25-15(19-12)10-4-6-11(22)7-5-10/h4-7,9,22H,3,8,18H2,1-2H3. The molecule has 0 fully saturated rings. The van der Waals surface area contributed by atoms with Gasteiger partial charge >= 0.3 is 5.69 Å². The number of rotatable bonds is 4. The van der Waals surface area contributed by atoms with Crippen LogP contribution in [0.3, 0.4) is 0 Å². The normalized spacial score (nSPS) is 11.0. The monoisotopic (exact) mass is 358 g/mol. The summed E-state index contributed by atoms with van der Waals surface area (Å²) in [6.07, 6.45) is 0.720. The minimum absolute atomic E-state index is 0.137. The average molecular weight is 358 g/mol. The number of nitrogen functional groups attached to an aromatic ring is 1. The Morgan fingerprint density at radius 3 is 2.56 bits per heavy atom. The summed E-state index contributed by atoms with van der Waals surface area (Å²) in [5, 5.41) is 11.8. The molecule has 2 heterocycles. The number of nitrogens with zero attached hydrogens (tertiary/aromatic N) is 3. The van der Waals surface area contributed by atoms with Crippen molar-refractivity contribution in [3.63, 3.8) is 0 Å². The maximum absolute atomic E-state index is 12.6. The van der Waals surface area contributed by atoms with E-state index in [9.17, 15) is 14.7 Å². The van der Waals surface area contributed by atoms with E-state index in [4.69, 9.17) is 5.73 Å². The molecule has 0 saturated carbocycles. The van der Waals surface area contributed by atoms with Crippen molar-refractivity contribution in [2.24, 2.45) is 7.05 Å². The van der Waals surface area contributed by atoms with Gasteiger partial charge in [-0.15, -0.1) is 11.3 Å². The topological polar surface area (TPSA) is 103 Å². The minimum Gasteiger partial charge on any atom is -0.508 e. The molecule has 0 aliphatic heterocycles. The first-order valence-corrected chi connectivity index (χ1v) is 8.66. The molecule has 0 bridgehead atoms. The van der Waals surface area contributed by atoms with Gasteiger partial charge in [0, 0.05) is 24.5 Å².